The Bertz CT molecular complexity index is 642. The average Bonchev–Trinajstić information content (AvgIpc) is 2.79. The summed E-state index contributed by atoms with van der Waals surface area (Å²) in [5.74, 6) is -1.09. The number of carbonyl (C=O) groups excluding carboxylic acids is 1. The van der Waals surface area contributed by atoms with E-state index in [1.807, 2.05) is 38.1 Å². The lowest BCUT2D eigenvalue weighted by Gasteiger charge is -2.19. The Hall–Kier alpha value is -2.30. The summed E-state index contributed by atoms with van der Waals surface area (Å²) in [6.07, 6.45) is 0. The fraction of sp³-hybridized carbons (Fsp3) is 0.333. The number of aromatic nitrogens is 1. The van der Waals surface area contributed by atoms with Crippen LogP contribution in [0.15, 0.2) is 30.3 Å². The molecule has 1 aromatic heterocycles. The number of carbonyl (C=O) groups is 2. The van der Waals surface area contributed by atoms with Crippen molar-refractivity contribution in [2.45, 2.75) is 20.4 Å². The molecule has 1 N–H and O–H groups in total. The Labute approximate surface area is 117 Å². The molecule has 0 atom stereocenters. The molecule has 0 bridgehead atoms. The first-order chi connectivity index (χ1) is 9.58. The number of rotatable bonds is 5. The number of aromatic carboxylic acids is 1. The molecular weight excluding hydrogens is 256 g/mol. The summed E-state index contributed by atoms with van der Waals surface area (Å²) in [5, 5.41) is 10.1. The van der Waals surface area contributed by atoms with E-state index in [0.29, 0.717) is 13.1 Å². The van der Waals surface area contributed by atoms with Crippen LogP contribution in [0, 0.1) is 0 Å². The summed E-state index contributed by atoms with van der Waals surface area (Å²) in [6.45, 7) is 5.12. The molecule has 5 nitrogen and oxygen atoms in total. The first kappa shape index (κ1) is 14.1. The van der Waals surface area contributed by atoms with Crippen LogP contribution in [0.5, 0.6) is 0 Å². The van der Waals surface area contributed by atoms with E-state index in [4.69, 9.17) is 0 Å². The minimum atomic E-state index is -1.02. The largest absolute Gasteiger partial charge is 0.477 e. The van der Waals surface area contributed by atoms with Crippen LogP contribution in [-0.4, -0.2) is 39.5 Å². The van der Waals surface area contributed by atoms with Crippen LogP contribution in [0.4, 0.5) is 0 Å². The molecule has 20 heavy (non-hydrogen) atoms. The fourth-order valence-corrected chi connectivity index (χ4v) is 2.37. The second-order valence-electron chi connectivity index (χ2n) is 4.55. The van der Waals surface area contributed by atoms with Crippen molar-refractivity contribution in [3.63, 3.8) is 0 Å². The molecule has 0 unspecified atom stereocenters. The summed E-state index contributed by atoms with van der Waals surface area (Å²) < 4.78 is 1.57. The Morgan fingerprint density at radius 1 is 1.20 bits per heavy atom. The topological polar surface area (TPSA) is 62.5 Å². The van der Waals surface area contributed by atoms with Crippen molar-refractivity contribution in [1.82, 2.24) is 9.47 Å². The molecule has 106 valence electrons. The number of fused-ring (bicyclic) bond motifs is 1. The van der Waals surface area contributed by atoms with Gasteiger partial charge >= 0.3 is 5.97 Å². The molecule has 2 aromatic rings. The maximum atomic E-state index is 12.2. The highest BCUT2D eigenvalue weighted by Crippen LogP contribution is 2.20. The summed E-state index contributed by atoms with van der Waals surface area (Å²) in [5.41, 5.74) is 0.914. The number of amides is 1. The quantitative estimate of drug-likeness (QED) is 0.909. The maximum absolute atomic E-state index is 12.2. The van der Waals surface area contributed by atoms with E-state index < -0.39 is 5.97 Å². The molecular formula is C15H18N2O3. The smallest absolute Gasteiger partial charge is 0.352 e. The predicted molar refractivity (Wildman–Crippen MR) is 76.8 cm³/mol. The third-order valence-corrected chi connectivity index (χ3v) is 3.44. The second-order valence-corrected chi connectivity index (χ2v) is 4.55. The van der Waals surface area contributed by atoms with Gasteiger partial charge in [-0.2, -0.15) is 0 Å². The number of carboxylic acids is 1. The van der Waals surface area contributed by atoms with Gasteiger partial charge in [-0.1, -0.05) is 18.2 Å². The van der Waals surface area contributed by atoms with E-state index in [1.165, 1.54) is 0 Å². The zero-order valence-corrected chi connectivity index (χ0v) is 11.7. The van der Waals surface area contributed by atoms with Gasteiger partial charge in [0.1, 0.15) is 12.2 Å². The van der Waals surface area contributed by atoms with Gasteiger partial charge < -0.3 is 14.6 Å². The number of hydrogen-bond acceptors (Lipinski definition) is 2. The van der Waals surface area contributed by atoms with E-state index in [1.54, 1.807) is 15.5 Å². The van der Waals surface area contributed by atoms with Crippen LogP contribution in [-0.2, 0) is 11.3 Å². The molecule has 0 aliphatic rings. The van der Waals surface area contributed by atoms with Crippen LogP contribution in [0.3, 0.4) is 0 Å². The van der Waals surface area contributed by atoms with Crippen LogP contribution in [0.2, 0.25) is 0 Å². The predicted octanol–water partition coefficient (Wildman–Crippen LogP) is 2.21. The molecule has 0 aliphatic heterocycles. The van der Waals surface area contributed by atoms with Gasteiger partial charge in [0, 0.05) is 24.0 Å². The molecule has 0 radical (unpaired) electrons. The van der Waals surface area contributed by atoms with E-state index >= 15 is 0 Å². The van der Waals surface area contributed by atoms with Crippen molar-refractivity contribution in [2.24, 2.45) is 0 Å². The van der Waals surface area contributed by atoms with Crippen LogP contribution in [0.25, 0.3) is 10.9 Å². The molecule has 1 aromatic carbocycles. The van der Waals surface area contributed by atoms with Gasteiger partial charge in [-0.15, -0.1) is 0 Å². The summed E-state index contributed by atoms with van der Waals surface area (Å²) >= 11 is 0. The Morgan fingerprint density at radius 2 is 1.85 bits per heavy atom. The minimum Gasteiger partial charge on any atom is -0.477 e. The highest BCUT2D eigenvalue weighted by Gasteiger charge is 2.18. The minimum absolute atomic E-state index is 0.0524. The molecule has 2 rings (SSSR count). The highest BCUT2D eigenvalue weighted by atomic mass is 16.4. The maximum Gasteiger partial charge on any atom is 0.352 e. The summed E-state index contributed by atoms with van der Waals surface area (Å²) in [4.78, 5) is 25.2. The number of likely N-dealkylation sites (N-methyl/N-ethyl adjacent to an activating group) is 1. The number of benzene rings is 1. The second kappa shape index (κ2) is 5.77. The first-order valence-electron chi connectivity index (χ1n) is 6.67. The zero-order valence-electron chi connectivity index (χ0n) is 11.7. The van der Waals surface area contributed by atoms with Gasteiger partial charge in [-0.05, 0) is 26.0 Å². The van der Waals surface area contributed by atoms with Crippen molar-refractivity contribution < 1.29 is 14.7 Å². The lowest BCUT2D eigenvalue weighted by Crippen LogP contribution is -2.34. The van der Waals surface area contributed by atoms with Crippen molar-refractivity contribution in [3.8, 4) is 0 Å². The number of hydrogen-bond donors (Lipinski definition) is 1. The van der Waals surface area contributed by atoms with Crippen molar-refractivity contribution in [3.05, 3.63) is 36.0 Å². The lowest BCUT2D eigenvalue weighted by molar-refractivity contribution is -0.131. The molecule has 5 heteroatoms. The van der Waals surface area contributed by atoms with E-state index in [2.05, 4.69) is 0 Å². The third-order valence-electron chi connectivity index (χ3n) is 3.44. The fourth-order valence-electron chi connectivity index (χ4n) is 2.37. The van der Waals surface area contributed by atoms with Crippen LogP contribution >= 0.6 is 0 Å². The third kappa shape index (κ3) is 2.52. The van der Waals surface area contributed by atoms with E-state index in [9.17, 15) is 14.7 Å². The van der Waals surface area contributed by atoms with E-state index in [-0.39, 0.29) is 18.1 Å². The Kier molecular flexibility index (Phi) is 4.08. The van der Waals surface area contributed by atoms with Gasteiger partial charge in [-0.25, -0.2) is 4.79 Å². The molecule has 0 aliphatic carbocycles. The lowest BCUT2D eigenvalue weighted by atomic mass is 10.2. The number of nitrogens with zero attached hydrogens (tertiary/aromatic N) is 2. The van der Waals surface area contributed by atoms with Crippen molar-refractivity contribution >= 4 is 22.8 Å². The molecule has 1 amide bonds. The number of para-hydroxylation sites is 1. The number of carboxylic acid groups (broad SMARTS) is 1. The summed E-state index contributed by atoms with van der Waals surface area (Å²) in [7, 11) is 0. The van der Waals surface area contributed by atoms with Crippen molar-refractivity contribution in [1.29, 1.82) is 0 Å². The Morgan fingerprint density at radius 3 is 2.45 bits per heavy atom. The van der Waals surface area contributed by atoms with Crippen LogP contribution in [0.1, 0.15) is 24.3 Å². The molecule has 0 saturated heterocycles. The normalized spacial score (nSPS) is 10.7. The van der Waals surface area contributed by atoms with Gasteiger partial charge in [0.15, 0.2) is 0 Å². The average molecular weight is 274 g/mol. The first-order valence-corrected chi connectivity index (χ1v) is 6.67. The molecule has 0 fully saturated rings. The van der Waals surface area contributed by atoms with Gasteiger partial charge in [0.2, 0.25) is 5.91 Å². The van der Waals surface area contributed by atoms with Gasteiger partial charge in [0.05, 0.1) is 0 Å². The summed E-state index contributed by atoms with van der Waals surface area (Å²) in [6, 6.07) is 8.97. The monoisotopic (exact) mass is 274 g/mol. The zero-order chi connectivity index (χ0) is 14.7. The molecule has 1 heterocycles. The standard InChI is InChI=1S/C15H18N2O3/c1-3-16(4-2)14(18)10-17-12-8-6-5-7-11(12)9-13(17)15(19)20/h5-9H,3-4,10H2,1-2H3,(H,19,20). The highest BCUT2D eigenvalue weighted by molar-refractivity contribution is 5.95. The van der Waals surface area contributed by atoms with Gasteiger partial charge in [0.25, 0.3) is 0 Å². The Balaban J connectivity index is 2.44. The molecule has 0 spiro atoms. The van der Waals surface area contributed by atoms with Crippen molar-refractivity contribution in [2.75, 3.05) is 13.1 Å². The van der Waals surface area contributed by atoms with E-state index in [0.717, 1.165) is 10.9 Å². The molecule has 0 saturated carbocycles. The van der Waals surface area contributed by atoms with Gasteiger partial charge in [-0.3, -0.25) is 4.79 Å². The van der Waals surface area contributed by atoms with Crippen LogP contribution < -0.4 is 0 Å². The SMILES string of the molecule is CCN(CC)C(=O)Cn1c(C(=O)O)cc2ccccc21.